The van der Waals surface area contributed by atoms with E-state index in [1.165, 1.54) is 6.42 Å². The molecule has 0 aromatic heterocycles. The van der Waals surface area contributed by atoms with Crippen LogP contribution in [-0.2, 0) is 9.59 Å². The quantitative estimate of drug-likeness (QED) is 0.395. The molecular weight excluding hydrogens is 522 g/mol. The molecule has 3 N–H and O–H groups in total. The molecule has 0 unspecified atom stereocenters. The van der Waals surface area contributed by atoms with Gasteiger partial charge < -0.3 is 10.1 Å². The molecule has 0 spiro atoms. The predicted molar refractivity (Wildman–Crippen MR) is 123 cm³/mol. The number of halogens is 2. The summed E-state index contributed by atoms with van der Waals surface area (Å²) in [6.45, 7) is -0.202. The third-order valence-electron chi connectivity index (χ3n) is 4.77. The smallest absolute Gasteiger partial charge is 0.276 e. The van der Waals surface area contributed by atoms with E-state index < -0.39 is 5.91 Å². The van der Waals surface area contributed by atoms with Crippen molar-refractivity contribution in [2.45, 2.75) is 32.1 Å². The van der Waals surface area contributed by atoms with E-state index in [0.717, 1.165) is 45.4 Å². The van der Waals surface area contributed by atoms with Gasteiger partial charge in [-0.15, -0.1) is 0 Å². The van der Waals surface area contributed by atoms with Crippen molar-refractivity contribution in [1.29, 1.82) is 0 Å². The molecule has 154 valence electrons. The van der Waals surface area contributed by atoms with Gasteiger partial charge in [-0.2, -0.15) is 0 Å². The maximum Gasteiger partial charge on any atom is 0.276 e. The molecule has 2 aromatic carbocycles. The summed E-state index contributed by atoms with van der Waals surface area (Å²) in [4.78, 5) is 24.2. The lowest BCUT2D eigenvalue weighted by molar-refractivity contribution is -0.125. The van der Waals surface area contributed by atoms with Crippen LogP contribution in [0.25, 0.3) is 10.8 Å². The average molecular weight is 543 g/mol. The number of ether oxygens (including phenoxy) is 1. The molecule has 29 heavy (non-hydrogen) atoms. The highest BCUT2D eigenvalue weighted by atomic mass is 79.9. The van der Waals surface area contributed by atoms with Crippen molar-refractivity contribution in [1.82, 2.24) is 16.2 Å². The molecule has 0 bridgehead atoms. The van der Waals surface area contributed by atoms with E-state index in [1.54, 1.807) is 6.07 Å². The molecule has 0 saturated heterocycles. The van der Waals surface area contributed by atoms with Crippen LogP contribution < -0.4 is 20.9 Å². The zero-order valence-corrected chi connectivity index (χ0v) is 19.6. The molecule has 1 saturated carbocycles. The molecule has 0 atom stereocenters. The number of hydrogen-bond acceptors (Lipinski definition) is 4. The molecule has 3 rings (SSSR count). The monoisotopic (exact) mass is 541 g/mol. The standard InChI is InChI=1S/C20H21Br2N3O3S/c21-14-7-8-15-13(10-14)6-9-16(18(15)22)28-11-17(26)24-25-20(29)23-19(27)12-4-2-1-3-5-12/h6-10,12H,1-5,11H2,(H,24,26)(H2,23,25,27,29). The summed E-state index contributed by atoms with van der Waals surface area (Å²) in [7, 11) is 0. The Balaban J connectivity index is 1.45. The fraction of sp³-hybridized carbons (Fsp3) is 0.350. The summed E-state index contributed by atoms with van der Waals surface area (Å²) in [5, 5.41) is 4.73. The normalized spacial score (nSPS) is 14.3. The molecule has 9 heteroatoms. The van der Waals surface area contributed by atoms with Crippen molar-refractivity contribution in [3.8, 4) is 5.75 Å². The predicted octanol–water partition coefficient (Wildman–Crippen LogP) is 4.35. The Morgan fingerprint density at radius 1 is 1.07 bits per heavy atom. The topological polar surface area (TPSA) is 79.5 Å². The molecule has 1 aliphatic rings. The second-order valence-electron chi connectivity index (χ2n) is 6.86. The van der Waals surface area contributed by atoms with E-state index >= 15 is 0 Å². The first-order valence-corrected chi connectivity index (χ1v) is 11.3. The van der Waals surface area contributed by atoms with Gasteiger partial charge in [0.1, 0.15) is 5.75 Å². The van der Waals surface area contributed by atoms with Crippen LogP contribution in [0.5, 0.6) is 5.75 Å². The van der Waals surface area contributed by atoms with Crippen molar-refractivity contribution in [2.75, 3.05) is 6.61 Å². The molecule has 2 amide bonds. The Hall–Kier alpha value is -1.71. The second-order valence-corrected chi connectivity index (χ2v) is 8.98. The number of benzene rings is 2. The number of nitrogens with one attached hydrogen (secondary N) is 3. The summed E-state index contributed by atoms with van der Waals surface area (Å²) in [5.74, 6) is 0.0399. The molecular formula is C20H21Br2N3O3S. The van der Waals surface area contributed by atoms with Crippen LogP contribution in [0.4, 0.5) is 0 Å². The molecule has 2 aromatic rings. The van der Waals surface area contributed by atoms with Gasteiger partial charge in [0.25, 0.3) is 5.91 Å². The van der Waals surface area contributed by atoms with Gasteiger partial charge in [0.05, 0.1) is 4.47 Å². The summed E-state index contributed by atoms with van der Waals surface area (Å²) in [6.07, 6.45) is 5.06. The van der Waals surface area contributed by atoms with Crippen molar-refractivity contribution in [3.05, 3.63) is 39.3 Å². The van der Waals surface area contributed by atoms with E-state index in [9.17, 15) is 9.59 Å². The fourth-order valence-electron chi connectivity index (χ4n) is 3.27. The van der Waals surface area contributed by atoms with Crippen LogP contribution in [-0.4, -0.2) is 23.5 Å². The Morgan fingerprint density at radius 2 is 1.83 bits per heavy atom. The summed E-state index contributed by atoms with van der Waals surface area (Å²) < 4.78 is 7.37. The zero-order chi connectivity index (χ0) is 20.8. The highest BCUT2D eigenvalue weighted by Gasteiger charge is 2.21. The third kappa shape index (κ3) is 6.13. The van der Waals surface area contributed by atoms with E-state index in [-0.39, 0.29) is 23.5 Å². The Kier molecular flexibility index (Phi) is 7.85. The zero-order valence-electron chi connectivity index (χ0n) is 15.6. The lowest BCUT2D eigenvalue weighted by atomic mass is 9.89. The van der Waals surface area contributed by atoms with Gasteiger partial charge in [0, 0.05) is 10.4 Å². The van der Waals surface area contributed by atoms with Crippen LogP contribution in [0.15, 0.2) is 39.3 Å². The number of amides is 2. The van der Waals surface area contributed by atoms with E-state index in [2.05, 4.69) is 48.0 Å². The van der Waals surface area contributed by atoms with Crippen molar-refractivity contribution >= 4 is 71.8 Å². The highest BCUT2D eigenvalue weighted by Crippen LogP contribution is 2.34. The molecule has 1 aliphatic carbocycles. The molecule has 6 nitrogen and oxygen atoms in total. The van der Waals surface area contributed by atoms with Gasteiger partial charge >= 0.3 is 0 Å². The number of fused-ring (bicyclic) bond motifs is 1. The van der Waals surface area contributed by atoms with Crippen LogP contribution >= 0.6 is 44.1 Å². The summed E-state index contributed by atoms with van der Waals surface area (Å²) in [6, 6.07) is 9.63. The lowest BCUT2D eigenvalue weighted by Gasteiger charge is -2.21. The van der Waals surface area contributed by atoms with Gasteiger partial charge in [-0.05, 0) is 70.0 Å². The molecule has 0 radical (unpaired) electrons. The summed E-state index contributed by atoms with van der Waals surface area (Å²) >= 11 is 12.0. The average Bonchev–Trinajstić information content (AvgIpc) is 2.72. The number of carbonyl (C=O) groups is 2. The number of hydrogen-bond donors (Lipinski definition) is 3. The molecule has 1 fully saturated rings. The number of hydrazine groups is 1. The van der Waals surface area contributed by atoms with Gasteiger partial charge in [0.2, 0.25) is 5.91 Å². The van der Waals surface area contributed by atoms with Gasteiger partial charge in [-0.1, -0.05) is 47.3 Å². The van der Waals surface area contributed by atoms with Crippen LogP contribution in [0.2, 0.25) is 0 Å². The molecule has 0 heterocycles. The largest absolute Gasteiger partial charge is 0.483 e. The first-order chi connectivity index (χ1) is 13.9. The van der Waals surface area contributed by atoms with E-state index in [4.69, 9.17) is 17.0 Å². The lowest BCUT2D eigenvalue weighted by Crippen LogP contribution is -2.50. The first kappa shape index (κ1) is 22.0. The maximum atomic E-state index is 12.1. The Morgan fingerprint density at radius 3 is 2.59 bits per heavy atom. The third-order valence-corrected chi connectivity index (χ3v) is 6.28. The van der Waals surface area contributed by atoms with E-state index in [1.807, 2.05) is 24.3 Å². The SMILES string of the molecule is O=C(COc1ccc2cc(Br)ccc2c1Br)NNC(=S)NC(=O)C1CCCCC1. The Bertz CT molecular complexity index is 933. The fourth-order valence-corrected chi connectivity index (χ4v) is 4.41. The maximum absolute atomic E-state index is 12.1. The van der Waals surface area contributed by atoms with Crippen LogP contribution in [0, 0.1) is 5.92 Å². The minimum atomic E-state index is -0.415. The van der Waals surface area contributed by atoms with Crippen molar-refractivity contribution in [3.63, 3.8) is 0 Å². The second kappa shape index (κ2) is 10.4. The highest BCUT2D eigenvalue weighted by molar-refractivity contribution is 9.11. The van der Waals surface area contributed by atoms with Crippen molar-refractivity contribution in [2.24, 2.45) is 5.92 Å². The minimum absolute atomic E-state index is 0.00610. The Labute approximate surface area is 191 Å². The van der Waals surface area contributed by atoms with Crippen LogP contribution in [0.3, 0.4) is 0 Å². The number of thiocarbonyl (C=S) groups is 1. The van der Waals surface area contributed by atoms with Crippen molar-refractivity contribution < 1.29 is 14.3 Å². The number of carbonyl (C=O) groups excluding carboxylic acids is 2. The van der Waals surface area contributed by atoms with E-state index in [0.29, 0.717) is 5.75 Å². The van der Waals surface area contributed by atoms with Gasteiger partial charge in [0.15, 0.2) is 11.7 Å². The van der Waals surface area contributed by atoms with Gasteiger partial charge in [-0.3, -0.25) is 20.4 Å². The van der Waals surface area contributed by atoms with Gasteiger partial charge in [-0.25, -0.2) is 0 Å². The van der Waals surface area contributed by atoms with Crippen LogP contribution in [0.1, 0.15) is 32.1 Å². The number of rotatable bonds is 4. The first-order valence-electron chi connectivity index (χ1n) is 9.34. The molecule has 0 aliphatic heterocycles. The minimum Gasteiger partial charge on any atom is -0.483 e. The summed E-state index contributed by atoms with van der Waals surface area (Å²) in [5.41, 5.74) is 4.98.